The highest BCUT2D eigenvalue weighted by molar-refractivity contribution is 7.08. The van der Waals surface area contributed by atoms with Crippen LogP contribution in [0.15, 0.2) is 39.6 Å². The Morgan fingerprint density at radius 3 is 3.05 bits per heavy atom. The molecule has 0 aliphatic heterocycles. The van der Waals surface area contributed by atoms with E-state index in [1.54, 1.807) is 30.5 Å². The number of furan rings is 1. The minimum absolute atomic E-state index is 0.0337. The Hall–Kier alpha value is -2.45. The van der Waals surface area contributed by atoms with Crippen LogP contribution in [0, 0.1) is 0 Å². The summed E-state index contributed by atoms with van der Waals surface area (Å²) in [6, 6.07) is 5.44. The van der Waals surface area contributed by atoms with Crippen molar-refractivity contribution in [3.63, 3.8) is 0 Å². The van der Waals surface area contributed by atoms with Gasteiger partial charge in [0, 0.05) is 18.0 Å². The summed E-state index contributed by atoms with van der Waals surface area (Å²) in [7, 11) is 1.67. The molecule has 3 aromatic rings. The van der Waals surface area contributed by atoms with Crippen LogP contribution in [-0.2, 0) is 7.05 Å². The summed E-state index contributed by atoms with van der Waals surface area (Å²) in [6.45, 7) is 0.0337. The molecule has 0 spiro atoms. The second-order valence-electron chi connectivity index (χ2n) is 4.72. The fraction of sp³-hybridized carbons (Fsp3) is 0.214. The van der Waals surface area contributed by atoms with Crippen LogP contribution in [0.3, 0.4) is 0 Å². The van der Waals surface area contributed by atoms with Crippen LogP contribution >= 0.6 is 11.3 Å². The van der Waals surface area contributed by atoms with Crippen LogP contribution < -0.4 is 5.32 Å². The van der Waals surface area contributed by atoms with Crippen molar-refractivity contribution in [2.24, 2.45) is 7.05 Å². The topological polar surface area (TPSA) is 93.2 Å². The molecular weight excluding hydrogens is 304 g/mol. The standard InChI is InChI=1S/C14H14N4O3S/c1-18-7-10(16-17-18)14(20)15-6-11(19)13-3-2-12(21-13)9-4-5-22-8-9/h2-5,7-8,11,19H,6H2,1H3,(H,15,20). The zero-order chi connectivity index (χ0) is 15.5. The summed E-state index contributed by atoms with van der Waals surface area (Å²) in [5, 5.41) is 24.0. The maximum absolute atomic E-state index is 11.8. The average molecular weight is 318 g/mol. The molecule has 1 unspecified atom stereocenters. The smallest absolute Gasteiger partial charge is 0.273 e. The van der Waals surface area contributed by atoms with Crippen LogP contribution in [0.2, 0.25) is 0 Å². The number of hydrogen-bond donors (Lipinski definition) is 2. The van der Waals surface area contributed by atoms with Crippen LogP contribution in [0.4, 0.5) is 0 Å². The molecule has 0 radical (unpaired) electrons. The van der Waals surface area contributed by atoms with Gasteiger partial charge in [-0.3, -0.25) is 9.48 Å². The molecular formula is C14H14N4O3S. The monoisotopic (exact) mass is 318 g/mol. The Bertz CT molecular complexity index is 763. The highest BCUT2D eigenvalue weighted by Crippen LogP contribution is 2.26. The molecule has 22 heavy (non-hydrogen) atoms. The molecule has 7 nitrogen and oxygen atoms in total. The van der Waals surface area contributed by atoms with Crippen LogP contribution in [0.1, 0.15) is 22.4 Å². The lowest BCUT2D eigenvalue weighted by atomic mass is 10.2. The quantitative estimate of drug-likeness (QED) is 0.745. The molecule has 0 aliphatic rings. The van der Waals surface area contributed by atoms with Gasteiger partial charge in [0.15, 0.2) is 5.69 Å². The molecule has 1 amide bonds. The van der Waals surface area contributed by atoms with Gasteiger partial charge in [-0.05, 0) is 23.6 Å². The fourth-order valence-corrected chi connectivity index (χ4v) is 2.57. The Kier molecular flexibility index (Phi) is 4.03. The second kappa shape index (κ2) is 6.12. The second-order valence-corrected chi connectivity index (χ2v) is 5.50. The van der Waals surface area contributed by atoms with E-state index in [0.717, 1.165) is 5.56 Å². The molecule has 3 heterocycles. The number of aliphatic hydroxyl groups excluding tert-OH is 1. The molecule has 0 bridgehead atoms. The summed E-state index contributed by atoms with van der Waals surface area (Å²) in [6.07, 6.45) is 0.580. The highest BCUT2D eigenvalue weighted by Gasteiger charge is 2.16. The van der Waals surface area contributed by atoms with Gasteiger partial charge in [-0.2, -0.15) is 11.3 Å². The Morgan fingerprint density at radius 1 is 1.50 bits per heavy atom. The molecule has 8 heteroatoms. The van der Waals surface area contributed by atoms with Crippen molar-refractivity contribution in [3.05, 3.63) is 46.6 Å². The van der Waals surface area contributed by atoms with E-state index >= 15 is 0 Å². The molecule has 0 aliphatic carbocycles. The SMILES string of the molecule is Cn1cc(C(=O)NCC(O)c2ccc(-c3ccsc3)o2)nn1. The number of hydrogen-bond acceptors (Lipinski definition) is 6. The first kappa shape index (κ1) is 14.5. The van der Waals surface area contributed by atoms with Crippen molar-refractivity contribution < 1.29 is 14.3 Å². The summed E-state index contributed by atoms with van der Waals surface area (Å²) < 4.78 is 7.04. The summed E-state index contributed by atoms with van der Waals surface area (Å²) in [4.78, 5) is 11.8. The zero-order valence-electron chi connectivity index (χ0n) is 11.8. The molecule has 0 saturated heterocycles. The van der Waals surface area contributed by atoms with Gasteiger partial charge >= 0.3 is 0 Å². The third kappa shape index (κ3) is 3.07. The predicted octanol–water partition coefficient (Wildman–Crippen LogP) is 1.60. The lowest BCUT2D eigenvalue weighted by molar-refractivity contribution is 0.0897. The largest absolute Gasteiger partial charge is 0.458 e. The average Bonchev–Trinajstić information content (AvgIpc) is 3.23. The number of carbonyl (C=O) groups excluding carboxylic acids is 1. The van der Waals surface area contributed by atoms with Gasteiger partial charge in [0.1, 0.15) is 17.6 Å². The van der Waals surface area contributed by atoms with Crippen molar-refractivity contribution in [2.45, 2.75) is 6.10 Å². The highest BCUT2D eigenvalue weighted by atomic mass is 32.1. The van der Waals surface area contributed by atoms with Gasteiger partial charge in [-0.25, -0.2) is 0 Å². The minimum atomic E-state index is -0.923. The first-order valence-electron chi connectivity index (χ1n) is 6.58. The maximum atomic E-state index is 11.8. The van der Waals surface area contributed by atoms with Crippen molar-refractivity contribution in [1.82, 2.24) is 20.3 Å². The maximum Gasteiger partial charge on any atom is 0.273 e. The number of nitrogens with one attached hydrogen (secondary N) is 1. The number of carbonyl (C=O) groups is 1. The van der Waals surface area contributed by atoms with E-state index in [-0.39, 0.29) is 12.2 Å². The molecule has 114 valence electrons. The minimum Gasteiger partial charge on any atom is -0.458 e. The number of aliphatic hydroxyl groups is 1. The Balaban J connectivity index is 1.60. The van der Waals surface area contributed by atoms with Gasteiger partial charge in [0.25, 0.3) is 5.91 Å². The molecule has 3 rings (SSSR count). The lowest BCUT2D eigenvalue weighted by Crippen LogP contribution is -2.28. The van der Waals surface area contributed by atoms with Gasteiger partial charge < -0.3 is 14.8 Å². The van der Waals surface area contributed by atoms with Crippen LogP contribution in [0.5, 0.6) is 0 Å². The summed E-state index contributed by atoms with van der Waals surface area (Å²) in [5.41, 5.74) is 1.17. The van der Waals surface area contributed by atoms with E-state index in [2.05, 4.69) is 15.6 Å². The number of amides is 1. The van der Waals surface area contributed by atoms with Gasteiger partial charge in [0.2, 0.25) is 0 Å². The predicted molar refractivity (Wildman–Crippen MR) is 80.3 cm³/mol. The Labute approximate surface area is 130 Å². The van der Waals surface area contributed by atoms with E-state index in [9.17, 15) is 9.90 Å². The van der Waals surface area contributed by atoms with Crippen molar-refractivity contribution in [1.29, 1.82) is 0 Å². The third-order valence-corrected chi connectivity index (χ3v) is 3.74. The molecule has 3 aromatic heterocycles. The third-order valence-electron chi connectivity index (χ3n) is 3.05. The van der Waals surface area contributed by atoms with Gasteiger partial charge in [-0.1, -0.05) is 5.21 Å². The van der Waals surface area contributed by atoms with Crippen LogP contribution in [-0.4, -0.2) is 32.6 Å². The number of aromatic nitrogens is 3. The van der Waals surface area contributed by atoms with Crippen LogP contribution in [0.25, 0.3) is 11.3 Å². The normalized spacial score (nSPS) is 12.3. The zero-order valence-corrected chi connectivity index (χ0v) is 12.6. The molecule has 0 fully saturated rings. The number of rotatable bonds is 5. The molecule has 2 N–H and O–H groups in total. The molecule has 0 saturated carbocycles. The van der Waals surface area contributed by atoms with E-state index in [1.165, 1.54) is 10.9 Å². The summed E-state index contributed by atoms with van der Waals surface area (Å²) >= 11 is 1.57. The number of thiophene rings is 1. The Morgan fingerprint density at radius 2 is 2.36 bits per heavy atom. The number of nitrogens with zero attached hydrogens (tertiary/aromatic N) is 3. The molecule has 0 aromatic carbocycles. The van der Waals surface area contributed by atoms with Crippen molar-refractivity contribution >= 4 is 17.2 Å². The lowest BCUT2D eigenvalue weighted by Gasteiger charge is -2.08. The number of aryl methyl sites for hydroxylation is 1. The van der Waals surface area contributed by atoms with Gasteiger partial charge in [0.05, 0.1) is 12.7 Å². The van der Waals surface area contributed by atoms with Crippen molar-refractivity contribution in [2.75, 3.05) is 6.54 Å². The van der Waals surface area contributed by atoms with E-state index in [4.69, 9.17) is 4.42 Å². The first-order chi connectivity index (χ1) is 10.6. The van der Waals surface area contributed by atoms with E-state index in [0.29, 0.717) is 11.5 Å². The first-order valence-corrected chi connectivity index (χ1v) is 7.52. The van der Waals surface area contributed by atoms with Crippen molar-refractivity contribution in [3.8, 4) is 11.3 Å². The summed E-state index contributed by atoms with van der Waals surface area (Å²) in [5.74, 6) is 0.702. The van der Waals surface area contributed by atoms with E-state index in [1.807, 2.05) is 16.8 Å². The van der Waals surface area contributed by atoms with E-state index < -0.39 is 12.0 Å². The fourth-order valence-electron chi connectivity index (χ4n) is 1.92. The van der Waals surface area contributed by atoms with Gasteiger partial charge in [-0.15, -0.1) is 5.10 Å². The molecule has 1 atom stereocenters.